The van der Waals surface area contributed by atoms with E-state index in [2.05, 4.69) is 36.9 Å². The minimum atomic E-state index is -0.324. The quantitative estimate of drug-likeness (QED) is 0.707. The molecular formula is C19H23N5O2. The normalized spacial score (nSPS) is 16.9. The summed E-state index contributed by atoms with van der Waals surface area (Å²) in [4.78, 5) is 32.3. The number of fused-ring (bicyclic) bond motifs is 3. The Morgan fingerprint density at radius 3 is 2.69 bits per heavy atom. The largest absolute Gasteiger partial charge is 0.332 e. The Morgan fingerprint density at radius 2 is 2.00 bits per heavy atom. The van der Waals surface area contributed by atoms with Crippen LogP contribution in [-0.4, -0.2) is 25.2 Å². The van der Waals surface area contributed by atoms with Gasteiger partial charge >= 0.3 is 5.69 Å². The van der Waals surface area contributed by atoms with E-state index < -0.39 is 0 Å². The Hall–Kier alpha value is -2.83. The van der Waals surface area contributed by atoms with E-state index in [0.717, 1.165) is 18.2 Å². The van der Waals surface area contributed by atoms with E-state index in [-0.39, 0.29) is 11.2 Å². The molecule has 136 valence electrons. The minimum Gasteiger partial charge on any atom is -0.312 e. The molecule has 0 amide bonds. The molecule has 0 fully saturated rings. The molecule has 7 heteroatoms. The third-order valence-electron chi connectivity index (χ3n) is 5.07. The molecule has 0 unspecified atom stereocenters. The lowest BCUT2D eigenvalue weighted by Gasteiger charge is -2.33. The van der Waals surface area contributed by atoms with Gasteiger partial charge < -0.3 is 9.47 Å². The second-order valence-corrected chi connectivity index (χ2v) is 7.14. The van der Waals surface area contributed by atoms with Gasteiger partial charge in [0.15, 0.2) is 11.2 Å². The molecule has 2 aromatic heterocycles. The molecule has 1 atom stereocenters. The number of nitrogens with zero attached hydrogens (tertiary/aromatic N) is 5. The smallest absolute Gasteiger partial charge is 0.312 e. The third kappa shape index (κ3) is 2.30. The van der Waals surface area contributed by atoms with Gasteiger partial charge in [-0.15, -0.1) is 0 Å². The highest BCUT2D eigenvalue weighted by Gasteiger charge is 2.29. The summed E-state index contributed by atoms with van der Waals surface area (Å²) in [6, 6.07) is 8.25. The highest BCUT2D eigenvalue weighted by Crippen LogP contribution is 2.32. The molecule has 0 saturated heterocycles. The van der Waals surface area contributed by atoms with Crippen LogP contribution in [0.2, 0.25) is 0 Å². The van der Waals surface area contributed by atoms with Crippen molar-refractivity contribution in [2.75, 3.05) is 11.4 Å². The molecule has 26 heavy (non-hydrogen) atoms. The number of hydrogen-bond donors (Lipinski definition) is 0. The molecule has 1 aromatic carbocycles. The van der Waals surface area contributed by atoms with E-state index >= 15 is 0 Å². The molecule has 3 heterocycles. The van der Waals surface area contributed by atoms with Crippen molar-refractivity contribution >= 4 is 22.8 Å². The first-order valence-corrected chi connectivity index (χ1v) is 8.96. The van der Waals surface area contributed by atoms with Crippen LogP contribution in [0.1, 0.15) is 19.4 Å². The molecule has 3 aromatic rings. The second-order valence-electron chi connectivity index (χ2n) is 7.14. The molecule has 1 aliphatic heterocycles. The zero-order valence-corrected chi connectivity index (χ0v) is 15.6. The average molecular weight is 353 g/mol. The van der Waals surface area contributed by atoms with Gasteiger partial charge in [-0.05, 0) is 37.5 Å². The number of hydrogen-bond acceptors (Lipinski definition) is 4. The lowest BCUT2D eigenvalue weighted by atomic mass is 10.1. The van der Waals surface area contributed by atoms with Crippen LogP contribution >= 0.6 is 0 Å². The van der Waals surface area contributed by atoms with Gasteiger partial charge in [0.2, 0.25) is 5.95 Å². The number of aromatic nitrogens is 4. The fourth-order valence-electron chi connectivity index (χ4n) is 3.80. The van der Waals surface area contributed by atoms with Crippen molar-refractivity contribution in [2.24, 2.45) is 13.0 Å². The van der Waals surface area contributed by atoms with Crippen LogP contribution in [0.15, 0.2) is 33.9 Å². The van der Waals surface area contributed by atoms with Crippen LogP contribution < -0.4 is 16.1 Å². The fraction of sp³-hybridized carbons (Fsp3) is 0.421. The van der Waals surface area contributed by atoms with Crippen molar-refractivity contribution in [3.05, 3.63) is 50.7 Å². The van der Waals surface area contributed by atoms with Gasteiger partial charge in [-0.1, -0.05) is 19.1 Å². The van der Waals surface area contributed by atoms with Crippen LogP contribution in [0.3, 0.4) is 0 Å². The summed E-state index contributed by atoms with van der Waals surface area (Å²) in [7, 11) is 1.68. The van der Waals surface area contributed by atoms with Crippen molar-refractivity contribution in [3.63, 3.8) is 0 Å². The van der Waals surface area contributed by atoms with Gasteiger partial charge in [0.1, 0.15) is 0 Å². The maximum atomic E-state index is 12.9. The van der Waals surface area contributed by atoms with Gasteiger partial charge in [-0.2, -0.15) is 4.98 Å². The highest BCUT2D eigenvalue weighted by atomic mass is 16.2. The predicted molar refractivity (Wildman–Crippen MR) is 102 cm³/mol. The Balaban J connectivity index is 2.05. The Bertz CT molecular complexity index is 1120. The lowest BCUT2D eigenvalue weighted by Crippen LogP contribution is -2.40. The molecular weight excluding hydrogens is 330 g/mol. The highest BCUT2D eigenvalue weighted by molar-refractivity contribution is 5.77. The Morgan fingerprint density at radius 1 is 1.23 bits per heavy atom. The van der Waals surface area contributed by atoms with Gasteiger partial charge in [0, 0.05) is 32.4 Å². The number of rotatable bonds is 2. The summed E-state index contributed by atoms with van der Waals surface area (Å²) in [5.41, 5.74) is 2.59. The van der Waals surface area contributed by atoms with Gasteiger partial charge in [0.05, 0.1) is 0 Å². The van der Waals surface area contributed by atoms with E-state index in [1.165, 1.54) is 14.7 Å². The zero-order valence-electron chi connectivity index (χ0n) is 15.6. The average Bonchev–Trinajstić information content (AvgIpc) is 2.99. The maximum absolute atomic E-state index is 12.9. The molecule has 0 N–H and O–H groups in total. The lowest BCUT2D eigenvalue weighted by molar-refractivity contribution is 0.458. The predicted octanol–water partition coefficient (Wildman–Crippen LogP) is 2.01. The van der Waals surface area contributed by atoms with E-state index in [1.807, 2.05) is 17.6 Å². The summed E-state index contributed by atoms with van der Waals surface area (Å²) in [5, 5.41) is 0. The number of aryl methyl sites for hydroxylation is 2. The molecule has 7 nitrogen and oxygen atoms in total. The molecule has 0 radical (unpaired) electrons. The molecule has 0 saturated carbocycles. The maximum Gasteiger partial charge on any atom is 0.332 e. The van der Waals surface area contributed by atoms with Gasteiger partial charge in [0.25, 0.3) is 5.56 Å². The Labute approximate surface area is 151 Å². The van der Waals surface area contributed by atoms with Crippen molar-refractivity contribution in [3.8, 4) is 0 Å². The van der Waals surface area contributed by atoms with E-state index in [1.54, 1.807) is 7.05 Å². The van der Waals surface area contributed by atoms with Crippen molar-refractivity contribution in [1.82, 2.24) is 18.7 Å². The molecule has 0 bridgehead atoms. The van der Waals surface area contributed by atoms with Crippen molar-refractivity contribution < 1.29 is 0 Å². The van der Waals surface area contributed by atoms with Crippen LogP contribution in [-0.2, 0) is 20.1 Å². The van der Waals surface area contributed by atoms with Crippen LogP contribution in [0.5, 0.6) is 0 Å². The standard InChI is InChI=1S/C19H23N5O2/c1-5-22-17(25)15-16(21(4)19(22)26)20-18-23(10-13(3)11-24(15)18)14-8-6-7-12(2)9-14/h6-9,13H,5,10-11H2,1-4H3/t13-/m1/s1. The monoisotopic (exact) mass is 353 g/mol. The third-order valence-corrected chi connectivity index (χ3v) is 5.07. The van der Waals surface area contributed by atoms with Gasteiger partial charge in [-0.3, -0.25) is 13.9 Å². The topological polar surface area (TPSA) is 65.1 Å². The summed E-state index contributed by atoms with van der Waals surface area (Å²) in [6.45, 7) is 7.91. The second kappa shape index (κ2) is 5.86. The van der Waals surface area contributed by atoms with E-state index in [4.69, 9.17) is 4.98 Å². The van der Waals surface area contributed by atoms with Crippen molar-refractivity contribution in [2.45, 2.75) is 33.9 Å². The first-order valence-electron chi connectivity index (χ1n) is 8.96. The van der Waals surface area contributed by atoms with E-state index in [9.17, 15) is 9.59 Å². The fourth-order valence-corrected chi connectivity index (χ4v) is 3.80. The SMILES string of the molecule is CCn1c(=O)c2c(nc3n2C[C@H](C)CN3c2cccc(C)c2)n(C)c1=O. The molecule has 1 aliphatic rings. The van der Waals surface area contributed by atoms with Crippen molar-refractivity contribution in [1.29, 1.82) is 0 Å². The van der Waals surface area contributed by atoms with Crippen LogP contribution in [0, 0.1) is 12.8 Å². The summed E-state index contributed by atoms with van der Waals surface area (Å²) in [6.07, 6.45) is 0. The summed E-state index contributed by atoms with van der Waals surface area (Å²) >= 11 is 0. The first-order chi connectivity index (χ1) is 12.4. The number of imidazole rings is 1. The number of anilines is 2. The number of benzene rings is 1. The molecule has 0 spiro atoms. The molecule has 4 rings (SSSR count). The first kappa shape index (κ1) is 16.6. The molecule has 0 aliphatic carbocycles. The van der Waals surface area contributed by atoms with Crippen LogP contribution in [0.4, 0.5) is 11.6 Å². The van der Waals surface area contributed by atoms with Gasteiger partial charge in [-0.25, -0.2) is 4.79 Å². The zero-order chi connectivity index (χ0) is 18.6. The summed E-state index contributed by atoms with van der Waals surface area (Å²) in [5.74, 6) is 1.08. The van der Waals surface area contributed by atoms with Crippen LogP contribution in [0.25, 0.3) is 11.2 Å². The van der Waals surface area contributed by atoms with E-state index in [0.29, 0.717) is 30.2 Å². The Kier molecular flexibility index (Phi) is 3.75. The minimum absolute atomic E-state index is 0.261. The summed E-state index contributed by atoms with van der Waals surface area (Å²) < 4.78 is 4.72.